The van der Waals surface area contributed by atoms with E-state index in [1.54, 1.807) is 0 Å². The molecule has 188 valence electrons. The molecule has 0 unspecified atom stereocenters. The van der Waals surface area contributed by atoms with Gasteiger partial charge in [0.2, 0.25) is 0 Å². The molecule has 0 bridgehead atoms. The van der Waals surface area contributed by atoms with Crippen LogP contribution in [0.4, 0.5) is 4.70 Å². The summed E-state index contributed by atoms with van der Waals surface area (Å²) in [6, 6.07) is 0. The second-order valence-corrected chi connectivity index (χ2v) is 5.97. The van der Waals surface area contributed by atoms with E-state index in [0.717, 1.165) is 0 Å². The molecule has 0 aliphatic rings. The van der Waals surface area contributed by atoms with Crippen molar-refractivity contribution in [2.45, 2.75) is 18.4 Å². The lowest BCUT2D eigenvalue weighted by Gasteiger charge is -2.18. The number of aliphatic carboxylic acids is 5. The molecule has 0 saturated carbocycles. The molecular formula is C8H17ClFO19PS. The Morgan fingerprint density at radius 2 is 0.903 bits per heavy atom. The number of rotatable bonds is 5. The van der Waals surface area contributed by atoms with E-state index in [-0.39, 0.29) is 17.1 Å². The maximum atomic E-state index is 10.3. The zero-order valence-electron chi connectivity index (χ0n) is 14.3. The van der Waals surface area contributed by atoms with Gasteiger partial charge in [-0.2, -0.15) is 8.42 Å². The lowest BCUT2D eigenvalue weighted by atomic mass is 9.96. The predicted molar refractivity (Wildman–Crippen MR) is 90.6 cm³/mol. The summed E-state index contributed by atoms with van der Waals surface area (Å²) in [5.41, 5.74) is -2.74. The maximum Gasteiger partial charge on any atom is 0.466 e. The molecule has 0 amide bonds. The van der Waals surface area contributed by atoms with E-state index in [9.17, 15) is 14.4 Å². The topological polar surface area (TPSA) is 359 Å². The molecule has 0 aromatic rings. The number of hydrogen-bond donors (Lipinski definition) is 11. The molecule has 0 radical (unpaired) electrons. The van der Waals surface area contributed by atoms with Crippen LogP contribution in [-0.2, 0) is 38.9 Å². The SMILES string of the molecule is Cl.F.O=C(O)C(=O)O.O=C(O)CC(O)(CC(=O)O)C(=O)O.O=P(O)(O)O.O=S(=O)(O)O. The van der Waals surface area contributed by atoms with E-state index in [1.165, 1.54) is 0 Å². The van der Waals surface area contributed by atoms with E-state index < -0.39 is 66.5 Å². The Hall–Kier alpha value is -2.49. The minimum atomic E-state index is -4.67. The van der Waals surface area contributed by atoms with Crippen LogP contribution in [0.25, 0.3) is 0 Å². The molecule has 0 rings (SSSR count). The average molecular weight is 535 g/mol. The molecule has 0 aliphatic heterocycles. The molecule has 0 atom stereocenters. The number of hydrogen-bond acceptors (Lipinski definition) is 9. The van der Waals surface area contributed by atoms with Gasteiger partial charge in [0.1, 0.15) is 0 Å². The summed E-state index contributed by atoms with van der Waals surface area (Å²) in [5, 5.41) is 48.6. The first-order valence-corrected chi connectivity index (χ1v) is 8.72. The van der Waals surface area contributed by atoms with Crippen LogP contribution in [-0.4, -0.2) is 98.3 Å². The zero-order valence-corrected chi connectivity index (χ0v) is 16.8. The molecule has 0 fully saturated rings. The fourth-order valence-corrected chi connectivity index (χ4v) is 0.714. The van der Waals surface area contributed by atoms with Crippen molar-refractivity contribution in [3.63, 3.8) is 0 Å². The average Bonchev–Trinajstić information content (AvgIpc) is 2.32. The highest BCUT2D eigenvalue weighted by molar-refractivity contribution is 7.79. The molecular weight excluding hydrogens is 518 g/mol. The Labute approximate surface area is 175 Å². The number of carboxylic acid groups (broad SMARTS) is 5. The highest BCUT2D eigenvalue weighted by atomic mass is 35.5. The minimum Gasteiger partial charge on any atom is -0.481 e. The number of aliphatic hydroxyl groups is 1. The van der Waals surface area contributed by atoms with Gasteiger partial charge in [-0.15, -0.1) is 12.4 Å². The summed E-state index contributed by atoms with van der Waals surface area (Å²) < 4.78 is 40.5. The van der Waals surface area contributed by atoms with Crippen molar-refractivity contribution >= 4 is 60.5 Å². The second-order valence-electron chi connectivity index (χ2n) is 4.05. The summed E-state index contributed by atoms with van der Waals surface area (Å²) in [4.78, 5) is 70.2. The van der Waals surface area contributed by atoms with Gasteiger partial charge >= 0.3 is 48.1 Å². The summed E-state index contributed by atoms with van der Waals surface area (Å²) in [5.74, 6) is -8.67. The highest BCUT2D eigenvalue weighted by Crippen LogP contribution is 2.25. The standard InChI is InChI=1S/C6H8O7.C2H2O4.ClH.FH.H3O4P.H2O4S/c7-3(8)1-6(13,5(11)12)2-4(9)10;3-1(4)2(5)6;;;2*1-5(2,3)4/h13H,1-2H2,(H,7,8)(H,9,10)(H,11,12);(H,3,4)(H,5,6);2*1H;(H3,1,2,3,4);(H2,1,2,3,4). The van der Waals surface area contributed by atoms with Crippen LogP contribution < -0.4 is 0 Å². The zero-order chi connectivity index (χ0) is 24.8. The van der Waals surface area contributed by atoms with Gasteiger partial charge in [-0.05, 0) is 0 Å². The van der Waals surface area contributed by atoms with E-state index in [1.807, 2.05) is 0 Å². The minimum absolute atomic E-state index is 0. The largest absolute Gasteiger partial charge is 0.481 e. The van der Waals surface area contributed by atoms with Crippen LogP contribution in [0.2, 0.25) is 0 Å². The van der Waals surface area contributed by atoms with Gasteiger partial charge in [0.15, 0.2) is 5.60 Å². The number of carbonyl (C=O) groups is 5. The normalized spacial score (nSPS) is 9.74. The Bertz CT molecular complexity index is 698. The monoisotopic (exact) mass is 534 g/mol. The Kier molecular flexibility index (Phi) is 25.1. The summed E-state index contributed by atoms with van der Waals surface area (Å²) in [6.45, 7) is 0. The second kappa shape index (κ2) is 18.3. The Balaban J connectivity index is -0.0000000734. The van der Waals surface area contributed by atoms with Crippen molar-refractivity contribution in [2.24, 2.45) is 0 Å². The molecule has 0 saturated heterocycles. The van der Waals surface area contributed by atoms with Gasteiger partial charge in [0.25, 0.3) is 0 Å². The van der Waals surface area contributed by atoms with Crippen molar-refractivity contribution in [2.75, 3.05) is 0 Å². The third-order valence-electron chi connectivity index (χ3n) is 1.47. The van der Waals surface area contributed by atoms with Gasteiger partial charge in [-0.1, -0.05) is 0 Å². The van der Waals surface area contributed by atoms with Crippen LogP contribution in [0.1, 0.15) is 12.8 Å². The fraction of sp³-hybridized carbons (Fsp3) is 0.375. The smallest absolute Gasteiger partial charge is 0.466 e. The van der Waals surface area contributed by atoms with E-state index >= 15 is 0 Å². The number of halogens is 2. The van der Waals surface area contributed by atoms with Crippen LogP contribution >= 0.6 is 20.2 Å². The summed E-state index contributed by atoms with van der Waals surface area (Å²) >= 11 is 0. The molecule has 0 aliphatic carbocycles. The lowest BCUT2D eigenvalue weighted by Crippen LogP contribution is -2.42. The molecule has 0 spiro atoms. The van der Waals surface area contributed by atoms with Crippen LogP contribution in [0.15, 0.2) is 0 Å². The third-order valence-corrected chi connectivity index (χ3v) is 1.47. The summed E-state index contributed by atoms with van der Waals surface area (Å²) in [7, 11) is -9.31. The molecule has 0 heterocycles. The Morgan fingerprint density at radius 1 is 0.742 bits per heavy atom. The van der Waals surface area contributed by atoms with E-state index in [0.29, 0.717) is 0 Å². The molecule has 19 nitrogen and oxygen atoms in total. The number of phosphoric acid groups is 1. The van der Waals surface area contributed by atoms with Crippen molar-refractivity contribution in [1.29, 1.82) is 0 Å². The first kappa shape index (κ1) is 42.6. The van der Waals surface area contributed by atoms with Gasteiger partial charge in [-0.3, -0.25) is 23.4 Å². The molecule has 31 heavy (non-hydrogen) atoms. The van der Waals surface area contributed by atoms with Crippen molar-refractivity contribution < 1.29 is 96.1 Å². The van der Waals surface area contributed by atoms with Gasteiger partial charge < -0.3 is 45.3 Å². The van der Waals surface area contributed by atoms with Crippen LogP contribution in [0, 0.1) is 0 Å². The van der Waals surface area contributed by atoms with Crippen LogP contribution in [0.5, 0.6) is 0 Å². The van der Waals surface area contributed by atoms with Gasteiger partial charge in [-0.25, -0.2) is 18.9 Å². The lowest BCUT2D eigenvalue weighted by molar-refractivity contribution is -0.170. The first-order chi connectivity index (χ1) is 12.4. The third kappa shape index (κ3) is 58.4. The van der Waals surface area contributed by atoms with Crippen molar-refractivity contribution in [1.82, 2.24) is 0 Å². The fourth-order valence-electron chi connectivity index (χ4n) is 0.714. The van der Waals surface area contributed by atoms with Crippen LogP contribution in [0.3, 0.4) is 0 Å². The summed E-state index contributed by atoms with van der Waals surface area (Å²) in [6.07, 6.45) is -2.29. The van der Waals surface area contributed by atoms with Crippen molar-refractivity contribution in [3.05, 3.63) is 0 Å². The molecule has 0 aromatic carbocycles. The maximum absolute atomic E-state index is 10.3. The highest BCUT2D eigenvalue weighted by Gasteiger charge is 2.40. The van der Waals surface area contributed by atoms with Gasteiger partial charge in [0, 0.05) is 0 Å². The molecule has 23 heteroatoms. The Morgan fingerprint density at radius 3 is 0.968 bits per heavy atom. The quantitative estimate of drug-likeness (QED) is 0.0943. The molecule has 11 N–H and O–H groups in total. The first-order valence-electron chi connectivity index (χ1n) is 5.76. The van der Waals surface area contributed by atoms with Crippen molar-refractivity contribution in [3.8, 4) is 0 Å². The van der Waals surface area contributed by atoms with E-state index in [2.05, 4.69) is 0 Å². The number of carboxylic acids is 5. The molecule has 0 aromatic heterocycles. The predicted octanol–water partition coefficient (Wildman–Crippen LogP) is -3.10. The van der Waals surface area contributed by atoms with E-state index in [4.69, 9.17) is 77.0 Å². The van der Waals surface area contributed by atoms with Gasteiger partial charge in [0.05, 0.1) is 12.8 Å².